The Bertz CT molecular complexity index is 321. The Morgan fingerprint density at radius 1 is 1.53 bits per heavy atom. The highest BCUT2D eigenvalue weighted by Crippen LogP contribution is 2.22. The zero-order chi connectivity index (χ0) is 10.7. The smallest absolute Gasteiger partial charge is 0.127 e. The number of ether oxygens (including phenoxy) is 1. The van der Waals surface area contributed by atoms with Gasteiger partial charge in [0, 0.05) is 30.5 Å². The molecule has 0 atom stereocenters. The second-order valence-electron chi connectivity index (χ2n) is 4.31. The summed E-state index contributed by atoms with van der Waals surface area (Å²) in [5.41, 5.74) is 1.15. The van der Waals surface area contributed by atoms with Crippen LogP contribution >= 0.6 is 0 Å². The molecule has 3 heteroatoms. The van der Waals surface area contributed by atoms with Crippen LogP contribution < -0.4 is 10.1 Å². The fourth-order valence-corrected chi connectivity index (χ4v) is 1.46. The third-order valence-corrected chi connectivity index (χ3v) is 2.38. The van der Waals surface area contributed by atoms with E-state index in [1.54, 1.807) is 6.20 Å². The van der Waals surface area contributed by atoms with Crippen LogP contribution in [0.25, 0.3) is 0 Å². The Balaban J connectivity index is 1.99. The molecule has 1 N–H and O–H groups in total. The maximum Gasteiger partial charge on any atom is 0.127 e. The molecule has 82 valence electrons. The van der Waals surface area contributed by atoms with Crippen molar-refractivity contribution in [3.8, 4) is 5.75 Å². The first-order chi connectivity index (χ1) is 7.25. The van der Waals surface area contributed by atoms with Crippen molar-refractivity contribution in [2.24, 2.45) is 0 Å². The van der Waals surface area contributed by atoms with Crippen LogP contribution in [0.1, 0.15) is 32.3 Å². The van der Waals surface area contributed by atoms with Crippen molar-refractivity contribution >= 4 is 0 Å². The summed E-state index contributed by atoms with van der Waals surface area (Å²) in [6.45, 7) is 4.94. The van der Waals surface area contributed by atoms with E-state index >= 15 is 0 Å². The van der Waals surface area contributed by atoms with Crippen LogP contribution in [-0.2, 0) is 6.54 Å². The van der Waals surface area contributed by atoms with Crippen LogP contribution in [0.2, 0.25) is 0 Å². The fraction of sp³-hybridized carbons (Fsp3) is 0.583. The molecule has 1 saturated carbocycles. The predicted octanol–water partition coefficient (Wildman–Crippen LogP) is 2.12. The summed E-state index contributed by atoms with van der Waals surface area (Å²) >= 11 is 0. The van der Waals surface area contributed by atoms with Crippen molar-refractivity contribution in [3.63, 3.8) is 0 Å². The van der Waals surface area contributed by atoms with E-state index in [1.165, 1.54) is 12.8 Å². The Labute approximate surface area is 90.9 Å². The molecule has 0 aliphatic heterocycles. The summed E-state index contributed by atoms with van der Waals surface area (Å²) in [7, 11) is 0. The maximum atomic E-state index is 5.72. The molecule has 0 unspecified atom stereocenters. The third kappa shape index (κ3) is 3.20. The van der Waals surface area contributed by atoms with E-state index in [1.807, 2.05) is 26.1 Å². The molecule has 1 heterocycles. The lowest BCUT2D eigenvalue weighted by molar-refractivity contribution is 0.239. The van der Waals surface area contributed by atoms with Crippen molar-refractivity contribution in [1.82, 2.24) is 10.3 Å². The lowest BCUT2D eigenvalue weighted by Crippen LogP contribution is -2.17. The van der Waals surface area contributed by atoms with Gasteiger partial charge in [-0.25, -0.2) is 0 Å². The van der Waals surface area contributed by atoms with Gasteiger partial charge >= 0.3 is 0 Å². The molecular weight excluding hydrogens is 188 g/mol. The molecule has 1 fully saturated rings. The Hall–Kier alpha value is -1.09. The van der Waals surface area contributed by atoms with Gasteiger partial charge in [0.2, 0.25) is 0 Å². The average Bonchev–Trinajstić information content (AvgIpc) is 2.99. The van der Waals surface area contributed by atoms with Gasteiger partial charge < -0.3 is 10.1 Å². The van der Waals surface area contributed by atoms with Crippen LogP contribution in [0.4, 0.5) is 0 Å². The topological polar surface area (TPSA) is 34.1 Å². The molecule has 1 aromatic rings. The number of nitrogens with one attached hydrogen (secondary N) is 1. The fourth-order valence-electron chi connectivity index (χ4n) is 1.46. The van der Waals surface area contributed by atoms with Crippen molar-refractivity contribution < 1.29 is 4.74 Å². The van der Waals surface area contributed by atoms with Gasteiger partial charge in [0.05, 0.1) is 6.10 Å². The van der Waals surface area contributed by atoms with Crippen molar-refractivity contribution in [1.29, 1.82) is 0 Å². The second-order valence-corrected chi connectivity index (χ2v) is 4.31. The molecule has 1 aliphatic rings. The van der Waals surface area contributed by atoms with E-state index < -0.39 is 0 Å². The van der Waals surface area contributed by atoms with Crippen molar-refractivity contribution in [2.75, 3.05) is 0 Å². The first-order valence-electron chi connectivity index (χ1n) is 5.58. The number of rotatable bonds is 5. The zero-order valence-corrected chi connectivity index (χ0v) is 9.36. The first kappa shape index (κ1) is 10.4. The van der Waals surface area contributed by atoms with Gasteiger partial charge in [-0.3, -0.25) is 4.98 Å². The van der Waals surface area contributed by atoms with E-state index in [0.717, 1.165) is 23.9 Å². The lowest BCUT2D eigenvalue weighted by Gasteiger charge is -2.13. The Morgan fingerprint density at radius 3 is 3.00 bits per heavy atom. The van der Waals surface area contributed by atoms with Gasteiger partial charge in [-0.15, -0.1) is 0 Å². The predicted molar refractivity (Wildman–Crippen MR) is 59.9 cm³/mol. The third-order valence-electron chi connectivity index (χ3n) is 2.38. The number of hydrogen-bond donors (Lipinski definition) is 1. The summed E-state index contributed by atoms with van der Waals surface area (Å²) in [6.07, 6.45) is 6.49. The van der Waals surface area contributed by atoms with Crippen LogP contribution in [0.5, 0.6) is 5.75 Å². The quantitative estimate of drug-likeness (QED) is 0.801. The molecule has 0 aromatic carbocycles. The molecule has 0 saturated heterocycles. The summed E-state index contributed by atoms with van der Waals surface area (Å²) in [5, 5.41) is 3.47. The van der Waals surface area contributed by atoms with Gasteiger partial charge in [-0.2, -0.15) is 0 Å². The van der Waals surface area contributed by atoms with Crippen molar-refractivity contribution in [3.05, 3.63) is 24.0 Å². The van der Waals surface area contributed by atoms with E-state index in [4.69, 9.17) is 4.74 Å². The van der Waals surface area contributed by atoms with Crippen LogP contribution in [0.15, 0.2) is 18.5 Å². The average molecular weight is 206 g/mol. The van der Waals surface area contributed by atoms with Gasteiger partial charge in [0.25, 0.3) is 0 Å². The molecule has 0 spiro atoms. The van der Waals surface area contributed by atoms with E-state index in [0.29, 0.717) is 0 Å². The minimum Gasteiger partial charge on any atom is -0.491 e. The lowest BCUT2D eigenvalue weighted by atomic mass is 10.2. The van der Waals surface area contributed by atoms with E-state index in [-0.39, 0.29) is 6.10 Å². The molecule has 1 aromatic heterocycles. The maximum absolute atomic E-state index is 5.72. The summed E-state index contributed by atoms with van der Waals surface area (Å²) < 4.78 is 5.72. The first-order valence-corrected chi connectivity index (χ1v) is 5.58. The Morgan fingerprint density at radius 2 is 2.33 bits per heavy atom. The molecule has 0 amide bonds. The van der Waals surface area contributed by atoms with Gasteiger partial charge in [0.15, 0.2) is 0 Å². The molecule has 3 nitrogen and oxygen atoms in total. The van der Waals surface area contributed by atoms with E-state index in [2.05, 4.69) is 10.3 Å². The molecule has 0 radical (unpaired) electrons. The Kier molecular flexibility index (Phi) is 3.21. The zero-order valence-electron chi connectivity index (χ0n) is 9.36. The minimum atomic E-state index is 0.215. The molecular formula is C12H18N2O. The van der Waals surface area contributed by atoms with Gasteiger partial charge in [-0.1, -0.05) is 0 Å². The summed E-state index contributed by atoms with van der Waals surface area (Å²) in [4.78, 5) is 4.13. The normalized spacial score (nSPS) is 15.7. The van der Waals surface area contributed by atoms with Gasteiger partial charge in [-0.05, 0) is 32.8 Å². The monoisotopic (exact) mass is 206 g/mol. The molecule has 2 rings (SSSR count). The molecule has 1 aliphatic carbocycles. The molecule has 15 heavy (non-hydrogen) atoms. The van der Waals surface area contributed by atoms with Crippen LogP contribution in [-0.4, -0.2) is 17.1 Å². The number of aromatic nitrogens is 1. The highest BCUT2D eigenvalue weighted by atomic mass is 16.5. The summed E-state index contributed by atoms with van der Waals surface area (Å²) in [6, 6.07) is 2.65. The van der Waals surface area contributed by atoms with Crippen LogP contribution in [0.3, 0.4) is 0 Å². The second kappa shape index (κ2) is 4.62. The van der Waals surface area contributed by atoms with Crippen LogP contribution in [0, 0.1) is 0 Å². The summed E-state index contributed by atoms with van der Waals surface area (Å²) in [5.74, 6) is 0.952. The number of pyridine rings is 1. The number of hydrogen-bond acceptors (Lipinski definition) is 3. The minimum absolute atomic E-state index is 0.215. The highest BCUT2D eigenvalue weighted by molar-refractivity contribution is 5.30. The highest BCUT2D eigenvalue weighted by Gasteiger charge is 2.20. The SMILES string of the molecule is CC(C)Oc1ccncc1CNC1CC1. The molecule has 0 bridgehead atoms. The van der Waals surface area contributed by atoms with Crippen molar-refractivity contribution in [2.45, 2.75) is 45.4 Å². The number of nitrogens with zero attached hydrogens (tertiary/aromatic N) is 1. The largest absolute Gasteiger partial charge is 0.491 e. The van der Waals surface area contributed by atoms with Gasteiger partial charge in [0.1, 0.15) is 5.75 Å². The standard InChI is InChI=1S/C12H18N2O/c1-9(2)15-12-5-6-13-7-10(12)8-14-11-3-4-11/h5-7,9,11,14H,3-4,8H2,1-2H3. The van der Waals surface area contributed by atoms with E-state index in [9.17, 15) is 0 Å².